The number of hydrogen-bond acceptors (Lipinski definition) is 8. The minimum absolute atomic E-state index is 0.0149. The highest BCUT2D eigenvalue weighted by Gasteiger charge is 2.31. The fraction of sp³-hybridized carbons (Fsp3) is 0.303. The van der Waals surface area contributed by atoms with E-state index in [1.165, 1.54) is 43.5 Å². The zero-order chi connectivity index (χ0) is 31.1. The second kappa shape index (κ2) is 14.3. The van der Waals surface area contributed by atoms with Gasteiger partial charge in [-0.25, -0.2) is 4.39 Å². The molecule has 44 heavy (non-hydrogen) atoms. The number of fused-ring (bicyclic) bond motifs is 1. The van der Waals surface area contributed by atoms with Crippen LogP contribution in [0.1, 0.15) is 47.8 Å². The SMILES string of the molecule is COc1ccc(OCCOCCO)c(C(=O)c2ccc(C(=O)N[C@@H]3CNC[C@H]3NC(=O)c3ccc4c(c3)CC=C4)cc2)c1F. The molecule has 3 aromatic rings. The quantitative estimate of drug-likeness (QED) is 0.173. The standard InChI is InChI=1S/C33H34FN3O7/c1-42-28-12-11-27(44-16-15-43-14-13-38)29(30(28)34)31(39)21-6-8-22(9-7-21)32(40)36-25-18-35-19-26(25)37-33(41)24-10-5-20-3-2-4-23(20)17-24/h2-3,5-12,17,25-26,35,38H,4,13-16,18-19H2,1H3,(H,36,40)(H,37,41)/t25-,26-/m1/s1. The Bertz CT molecular complexity index is 1560. The van der Waals surface area contributed by atoms with Crippen molar-refractivity contribution in [3.05, 3.63) is 99.9 Å². The fourth-order valence-electron chi connectivity index (χ4n) is 5.21. The van der Waals surface area contributed by atoms with Crippen LogP contribution in [0.25, 0.3) is 6.08 Å². The number of ether oxygens (including phenoxy) is 3. The Labute approximate surface area is 254 Å². The first-order chi connectivity index (χ1) is 21.4. The zero-order valence-electron chi connectivity index (χ0n) is 24.2. The maximum atomic E-state index is 15.2. The van der Waals surface area contributed by atoms with Gasteiger partial charge in [-0.1, -0.05) is 30.4 Å². The molecule has 1 aliphatic heterocycles. The number of benzene rings is 3. The second-order valence-electron chi connectivity index (χ2n) is 10.4. The van der Waals surface area contributed by atoms with Crippen molar-refractivity contribution in [3.63, 3.8) is 0 Å². The molecule has 0 saturated carbocycles. The van der Waals surface area contributed by atoms with E-state index in [2.05, 4.69) is 22.0 Å². The average molecular weight is 604 g/mol. The predicted octanol–water partition coefficient (Wildman–Crippen LogP) is 2.52. The van der Waals surface area contributed by atoms with Gasteiger partial charge in [0.1, 0.15) is 17.9 Å². The molecule has 2 atom stereocenters. The van der Waals surface area contributed by atoms with Crippen molar-refractivity contribution in [2.75, 3.05) is 46.6 Å². The molecule has 0 aromatic heterocycles. The predicted molar refractivity (Wildman–Crippen MR) is 161 cm³/mol. The van der Waals surface area contributed by atoms with Crippen molar-refractivity contribution in [3.8, 4) is 11.5 Å². The van der Waals surface area contributed by atoms with E-state index >= 15 is 4.39 Å². The van der Waals surface area contributed by atoms with Gasteiger partial charge >= 0.3 is 0 Å². The molecule has 1 fully saturated rings. The summed E-state index contributed by atoms with van der Waals surface area (Å²) in [5, 5.41) is 18.0. The number of halogens is 1. The molecule has 2 amide bonds. The van der Waals surface area contributed by atoms with Crippen LogP contribution in [0.15, 0.2) is 60.7 Å². The van der Waals surface area contributed by atoms with E-state index in [-0.39, 0.29) is 73.0 Å². The molecule has 1 aliphatic carbocycles. The highest BCUT2D eigenvalue weighted by atomic mass is 19.1. The van der Waals surface area contributed by atoms with Crippen molar-refractivity contribution >= 4 is 23.7 Å². The minimum atomic E-state index is -0.869. The van der Waals surface area contributed by atoms with Crippen molar-refractivity contribution in [1.82, 2.24) is 16.0 Å². The van der Waals surface area contributed by atoms with E-state index in [4.69, 9.17) is 19.3 Å². The summed E-state index contributed by atoms with van der Waals surface area (Å²) in [6.07, 6.45) is 4.90. The molecule has 4 N–H and O–H groups in total. The zero-order valence-corrected chi connectivity index (χ0v) is 24.2. The normalized spacial score (nSPS) is 16.8. The maximum Gasteiger partial charge on any atom is 0.251 e. The average Bonchev–Trinajstić information content (AvgIpc) is 3.69. The Balaban J connectivity index is 1.23. The van der Waals surface area contributed by atoms with Crippen molar-refractivity contribution < 1.29 is 38.1 Å². The molecule has 2 aliphatic rings. The van der Waals surface area contributed by atoms with Gasteiger partial charge in [0.25, 0.3) is 11.8 Å². The van der Waals surface area contributed by atoms with Crippen LogP contribution in [-0.2, 0) is 11.2 Å². The van der Waals surface area contributed by atoms with Gasteiger partial charge in [-0.3, -0.25) is 14.4 Å². The van der Waals surface area contributed by atoms with Crippen molar-refractivity contribution in [2.24, 2.45) is 0 Å². The molecule has 5 rings (SSSR count). The molecular weight excluding hydrogens is 569 g/mol. The van der Waals surface area contributed by atoms with Crippen LogP contribution in [0.5, 0.6) is 11.5 Å². The van der Waals surface area contributed by atoms with Gasteiger partial charge < -0.3 is 35.3 Å². The first-order valence-electron chi connectivity index (χ1n) is 14.3. The van der Waals surface area contributed by atoms with Crippen LogP contribution >= 0.6 is 0 Å². The van der Waals surface area contributed by atoms with Crippen LogP contribution < -0.4 is 25.4 Å². The lowest BCUT2D eigenvalue weighted by Gasteiger charge is -2.21. The van der Waals surface area contributed by atoms with E-state index in [1.54, 1.807) is 6.07 Å². The topological polar surface area (TPSA) is 135 Å². The summed E-state index contributed by atoms with van der Waals surface area (Å²) in [6.45, 7) is 1.14. The number of amides is 2. The number of allylic oxidation sites excluding steroid dienone is 1. The third-order valence-electron chi connectivity index (χ3n) is 7.53. The Hall–Kier alpha value is -4.58. The maximum absolute atomic E-state index is 15.2. The van der Waals surface area contributed by atoms with Crippen LogP contribution in [0, 0.1) is 5.82 Å². The number of rotatable bonds is 13. The summed E-state index contributed by atoms with van der Waals surface area (Å²) in [5.41, 5.74) is 2.93. The van der Waals surface area contributed by atoms with Gasteiger partial charge in [-0.15, -0.1) is 0 Å². The highest BCUT2D eigenvalue weighted by molar-refractivity contribution is 6.11. The Kier molecular flexibility index (Phi) is 10.0. The van der Waals surface area contributed by atoms with Gasteiger partial charge in [0.15, 0.2) is 17.3 Å². The third-order valence-corrected chi connectivity index (χ3v) is 7.53. The molecule has 230 valence electrons. The number of methoxy groups -OCH3 is 1. The number of ketones is 1. The minimum Gasteiger partial charge on any atom is -0.494 e. The molecule has 3 aromatic carbocycles. The molecule has 0 radical (unpaired) electrons. The van der Waals surface area contributed by atoms with E-state index in [0.717, 1.165) is 17.5 Å². The summed E-state index contributed by atoms with van der Waals surface area (Å²) in [5.74, 6) is -2.20. The Morgan fingerprint density at radius 1 is 0.886 bits per heavy atom. The lowest BCUT2D eigenvalue weighted by atomic mass is 10.00. The van der Waals surface area contributed by atoms with Crippen LogP contribution in [0.4, 0.5) is 4.39 Å². The number of carbonyl (C=O) groups excluding carboxylic acids is 3. The summed E-state index contributed by atoms with van der Waals surface area (Å²) < 4.78 is 31.1. The molecule has 0 bridgehead atoms. The van der Waals surface area contributed by atoms with Crippen LogP contribution in [0.2, 0.25) is 0 Å². The molecule has 0 unspecified atom stereocenters. The molecule has 10 nitrogen and oxygen atoms in total. The summed E-state index contributed by atoms with van der Waals surface area (Å²) >= 11 is 0. The smallest absolute Gasteiger partial charge is 0.251 e. The van der Waals surface area contributed by atoms with Gasteiger partial charge in [0, 0.05) is 29.8 Å². The monoisotopic (exact) mass is 603 g/mol. The number of nitrogens with one attached hydrogen (secondary N) is 3. The summed E-state index contributed by atoms with van der Waals surface area (Å²) in [4.78, 5) is 39.4. The van der Waals surface area contributed by atoms with Gasteiger partial charge in [0.05, 0.1) is 39.0 Å². The van der Waals surface area contributed by atoms with E-state index in [0.29, 0.717) is 24.2 Å². The van der Waals surface area contributed by atoms with Crippen molar-refractivity contribution in [1.29, 1.82) is 0 Å². The fourth-order valence-corrected chi connectivity index (χ4v) is 5.21. The Morgan fingerprint density at radius 2 is 1.55 bits per heavy atom. The van der Waals surface area contributed by atoms with Gasteiger partial charge in [-0.2, -0.15) is 0 Å². The summed E-state index contributed by atoms with van der Waals surface area (Å²) in [7, 11) is 1.30. The number of hydrogen-bond donors (Lipinski definition) is 4. The lowest BCUT2D eigenvalue weighted by Crippen LogP contribution is -2.51. The second-order valence-corrected chi connectivity index (χ2v) is 10.4. The van der Waals surface area contributed by atoms with Crippen molar-refractivity contribution in [2.45, 2.75) is 18.5 Å². The lowest BCUT2D eigenvalue weighted by molar-refractivity contribution is 0.0700. The Morgan fingerprint density at radius 3 is 2.25 bits per heavy atom. The third kappa shape index (κ3) is 6.96. The number of carbonyl (C=O) groups is 3. The molecular formula is C33H34FN3O7. The largest absolute Gasteiger partial charge is 0.494 e. The van der Waals surface area contributed by atoms with Crippen LogP contribution in [0.3, 0.4) is 0 Å². The molecule has 11 heteroatoms. The highest BCUT2D eigenvalue weighted by Crippen LogP contribution is 2.31. The van der Waals surface area contributed by atoms with Gasteiger partial charge in [0.2, 0.25) is 0 Å². The van der Waals surface area contributed by atoms with E-state index in [1.807, 2.05) is 18.2 Å². The van der Waals surface area contributed by atoms with Gasteiger partial charge in [-0.05, 0) is 53.9 Å². The summed E-state index contributed by atoms with van der Waals surface area (Å²) in [6, 6.07) is 13.6. The molecule has 0 spiro atoms. The van der Waals surface area contributed by atoms with Crippen LogP contribution in [-0.4, -0.2) is 81.4 Å². The molecule has 1 heterocycles. The number of aliphatic hydroxyl groups excluding tert-OH is 1. The van der Waals surface area contributed by atoms with E-state index < -0.39 is 11.6 Å². The van der Waals surface area contributed by atoms with E-state index in [9.17, 15) is 14.4 Å². The first kappa shape index (κ1) is 30.9. The molecule has 1 saturated heterocycles. The first-order valence-corrected chi connectivity index (χ1v) is 14.3. The number of aliphatic hydroxyl groups is 1.